The van der Waals surface area contributed by atoms with Gasteiger partial charge in [-0.1, -0.05) is 0 Å². The fourth-order valence-electron chi connectivity index (χ4n) is 1.75. The molecular formula is C12H25NO3Si. The number of amides is 1. The van der Waals surface area contributed by atoms with Crippen LogP contribution in [-0.2, 0) is 9.16 Å². The van der Waals surface area contributed by atoms with E-state index in [1.165, 1.54) is 0 Å². The van der Waals surface area contributed by atoms with Crippen molar-refractivity contribution in [3.05, 3.63) is 0 Å². The van der Waals surface area contributed by atoms with Gasteiger partial charge in [0.25, 0.3) is 0 Å². The van der Waals surface area contributed by atoms with Gasteiger partial charge in [-0.05, 0) is 53.3 Å². The summed E-state index contributed by atoms with van der Waals surface area (Å²) < 4.78 is 11.1. The minimum atomic E-state index is -1.44. The summed E-state index contributed by atoms with van der Waals surface area (Å²) in [7, 11) is -1.44. The topological polar surface area (TPSA) is 47.6 Å². The van der Waals surface area contributed by atoms with Gasteiger partial charge in [-0.15, -0.1) is 0 Å². The van der Waals surface area contributed by atoms with Crippen LogP contribution in [0.2, 0.25) is 19.6 Å². The maximum Gasteiger partial charge on any atom is 0.407 e. The minimum Gasteiger partial charge on any atom is -0.444 e. The molecule has 0 unspecified atom stereocenters. The van der Waals surface area contributed by atoms with Crippen molar-refractivity contribution in [2.24, 2.45) is 0 Å². The third kappa shape index (κ3) is 6.07. The van der Waals surface area contributed by atoms with Gasteiger partial charge < -0.3 is 14.5 Å². The molecule has 17 heavy (non-hydrogen) atoms. The number of ether oxygens (including phenoxy) is 1. The van der Waals surface area contributed by atoms with Crippen LogP contribution >= 0.6 is 0 Å². The molecule has 4 nitrogen and oxygen atoms in total. The Kier molecular flexibility index (Phi) is 4.25. The lowest BCUT2D eigenvalue weighted by atomic mass is 9.90. The van der Waals surface area contributed by atoms with Crippen LogP contribution in [0, 0.1) is 0 Å². The van der Waals surface area contributed by atoms with Gasteiger partial charge in [0.2, 0.25) is 0 Å². The van der Waals surface area contributed by atoms with Crippen LogP contribution in [0.3, 0.4) is 0 Å². The Morgan fingerprint density at radius 2 is 1.76 bits per heavy atom. The Morgan fingerprint density at radius 3 is 2.18 bits per heavy atom. The number of hydrogen-bond acceptors (Lipinski definition) is 3. The molecule has 1 fully saturated rings. The lowest BCUT2D eigenvalue weighted by molar-refractivity contribution is 0.0349. The molecule has 1 N–H and O–H groups in total. The Morgan fingerprint density at radius 1 is 1.24 bits per heavy atom. The predicted molar refractivity (Wildman–Crippen MR) is 70.6 cm³/mol. The number of nitrogens with one attached hydrogen (secondary N) is 1. The highest BCUT2D eigenvalue weighted by molar-refractivity contribution is 6.69. The van der Waals surface area contributed by atoms with Crippen LogP contribution in [0.25, 0.3) is 0 Å². The highest BCUT2D eigenvalue weighted by Gasteiger charge is 2.34. The van der Waals surface area contributed by atoms with Crippen LogP contribution in [0.15, 0.2) is 0 Å². The molecule has 100 valence electrons. The number of hydrogen-bond donors (Lipinski definition) is 1. The van der Waals surface area contributed by atoms with E-state index in [4.69, 9.17) is 9.16 Å². The molecule has 1 rings (SSSR count). The maximum absolute atomic E-state index is 11.5. The number of rotatable bonds is 3. The van der Waals surface area contributed by atoms with Crippen LogP contribution in [0.4, 0.5) is 4.79 Å². The molecule has 0 saturated heterocycles. The lowest BCUT2D eigenvalue weighted by Crippen LogP contribution is -2.51. The van der Waals surface area contributed by atoms with E-state index >= 15 is 0 Å². The van der Waals surface area contributed by atoms with E-state index in [9.17, 15) is 4.79 Å². The van der Waals surface area contributed by atoms with Crippen molar-refractivity contribution >= 4 is 14.4 Å². The van der Waals surface area contributed by atoms with Crippen molar-refractivity contribution in [2.45, 2.75) is 71.0 Å². The molecule has 0 aromatic heterocycles. The van der Waals surface area contributed by atoms with E-state index < -0.39 is 13.9 Å². The number of alkyl carbamates (subject to hydrolysis) is 1. The second-order valence-corrected chi connectivity index (χ2v) is 11.1. The molecule has 0 aromatic carbocycles. The van der Waals surface area contributed by atoms with E-state index in [-0.39, 0.29) is 12.1 Å². The zero-order chi connectivity index (χ0) is 13.3. The standard InChI is InChI=1S/C12H25NO3Si/c1-12(2,3)15-11(14)13-9-7-10(8-9)16-17(4,5)6/h9-10H,7-8H2,1-6H3,(H,13,14). The number of carbonyl (C=O) groups is 1. The number of carbonyl (C=O) groups excluding carboxylic acids is 1. The third-order valence-corrected chi connectivity index (χ3v) is 3.38. The quantitative estimate of drug-likeness (QED) is 0.793. The normalized spacial score (nSPS) is 25.1. The van der Waals surface area contributed by atoms with Crippen LogP contribution in [0.5, 0.6) is 0 Å². The first-order valence-electron chi connectivity index (χ1n) is 6.22. The monoisotopic (exact) mass is 259 g/mol. The van der Waals surface area contributed by atoms with E-state index in [1.54, 1.807) is 0 Å². The van der Waals surface area contributed by atoms with Crippen molar-refractivity contribution in [1.29, 1.82) is 0 Å². The first kappa shape index (κ1) is 14.5. The first-order valence-corrected chi connectivity index (χ1v) is 9.63. The summed E-state index contributed by atoms with van der Waals surface area (Å²) in [6, 6.07) is 0.214. The third-order valence-electron chi connectivity index (χ3n) is 2.34. The molecule has 0 atom stereocenters. The van der Waals surface area contributed by atoms with Gasteiger partial charge in [0, 0.05) is 12.1 Å². The van der Waals surface area contributed by atoms with Gasteiger partial charge in [-0.3, -0.25) is 0 Å². The van der Waals surface area contributed by atoms with Crippen LogP contribution in [-0.4, -0.2) is 32.2 Å². The van der Waals surface area contributed by atoms with E-state index in [1.807, 2.05) is 20.8 Å². The Balaban J connectivity index is 2.19. The average Bonchev–Trinajstić information content (AvgIpc) is 1.93. The van der Waals surface area contributed by atoms with E-state index in [2.05, 4.69) is 25.0 Å². The minimum absolute atomic E-state index is 0.214. The summed E-state index contributed by atoms with van der Waals surface area (Å²) in [5, 5.41) is 2.86. The van der Waals surface area contributed by atoms with Crippen LogP contribution in [0.1, 0.15) is 33.6 Å². The highest BCUT2D eigenvalue weighted by Crippen LogP contribution is 2.26. The molecule has 0 heterocycles. The van der Waals surface area contributed by atoms with E-state index in [0.29, 0.717) is 6.10 Å². The first-order chi connectivity index (χ1) is 7.55. The fraction of sp³-hybridized carbons (Fsp3) is 0.917. The molecule has 1 amide bonds. The molecule has 0 radical (unpaired) electrons. The molecule has 1 saturated carbocycles. The molecular weight excluding hydrogens is 234 g/mol. The van der Waals surface area contributed by atoms with Crippen molar-refractivity contribution in [2.75, 3.05) is 0 Å². The summed E-state index contributed by atoms with van der Waals surface area (Å²) in [6.07, 6.45) is 1.81. The van der Waals surface area contributed by atoms with Gasteiger partial charge in [-0.2, -0.15) is 0 Å². The summed E-state index contributed by atoms with van der Waals surface area (Å²) in [4.78, 5) is 11.5. The second-order valence-electron chi connectivity index (χ2n) is 6.67. The van der Waals surface area contributed by atoms with Crippen molar-refractivity contribution < 1.29 is 14.0 Å². The molecule has 1 aliphatic rings. The molecule has 0 bridgehead atoms. The Bertz CT molecular complexity index is 274. The summed E-state index contributed by atoms with van der Waals surface area (Å²) in [5.74, 6) is 0. The summed E-state index contributed by atoms with van der Waals surface area (Å²) in [5.41, 5.74) is -0.429. The molecule has 0 aliphatic heterocycles. The fourth-order valence-corrected chi connectivity index (χ4v) is 2.95. The Hall–Kier alpha value is -0.553. The second kappa shape index (κ2) is 4.98. The van der Waals surface area contributed by atoms with E-state index in [0.717, 1.165) is 12.8 Å². The smallest absolute Gasteiger partial charge is 0.407 e. The van der Waals surface area contributed by atoms with Gasteiger partial charge >= 0.3 is 6.09 Å². The summed E-state index contributed by atoms with van der Waals surface area (Å²) >= 11 is 0. The van der Waals surface area contributed by atoms with Gasteiger partial charge in [0.15, 0.2) is 8.32 Å². The van der Waals surface area contributed by atoms with Crippen LogP contribution < -0.4 is 5.32 Å². The van der Waals surface area contributed by atoms with Gasteiger partial charge in [0.1, 0.15) is 5.60 Å². The lowest BCUT2D eigenvalue weighted by Gasteiger charge is -2.39. The van der Waals surface area contributed by atoms with Gasteiger partial charge in [-0.25, -0.2) is 4.79 Å². The zero-order valence-electron chi connectivity index (χ0n) is 11.8. The molecule has 0 spiro atoms. The SMILES string of the molecule is CC(C)(C)OC(=O)NC1CC(O[Si](C)(C)C)C1. The molecule has 5 heteroatoms. The zero-order valence-corrected chi connectivity index (χ0v) is 12.8. The maximum atomic E-state index is 11.5. The predicted octanol–water partition coefficient (Wildman–Crippen LogP) is 2.89. The van der Waals surface area contributed by atoms with Crippen molar-refractivity contribution in [1.82, 2.24) is 5.32 Å². The molecule has 0 aromatic rings. The van der Waals surface area contributed by atoms with Gasteiger partial charge in [0.05, 0.1) is 0 Å². The largest absolute Gasteiger partial charge is 0.444 e. The highest BCUT2D eigenvalue weighted by atomic mass is 28.4. The van der Waals surface area contributed by atoms with Crippen molar-refractivity contribution in [3.63, 3.8) is 0 Å². The molecule has 1 aliphatic carbocycles. The Labute approximate surface area is 105 Å². The average molecular weight is 259 g/mol. The van der Waals surface area contributed by atoms with Crippen molar-refractivity contribution in [3.8, 4) is 0 Å². The summed E-state index contributed by atoms with van der Waals surface area (Å²) in [6.45, 7) is 12.1.